The fourth-order valence-corrected chi connectivity index (χ4v) is 4.65. The highest BCUT2D eigenvalue weighted by Gasteiger charge is 2.31. The second kappa shape index (κ2) is 4.77. The first-order valence-corrected chi connectivity index (χ1v) is 7.97. The van der Waals surface area contributed by atoms with Gasteiger partial charge in [-0.15, -0.1) is 21.5 Å². The number of nitrogens with zero attached hydrogens (tertiary/aromatic N) is 2. The maximum absolute atomic E-state index is 11.3. The summed E-state index contributed by atoms with van der Waals surface area (Å²) in [5.41, 5.74) is 5.42. The zero-order chi connectivity index (χ0) is 11.6. The molecule has 2 N–H and O–H groups in total. The molecule has 1 aliphatic rings. The molecule has 0 radical (unpaired) electrons. The monoisotopic (exact) mass is 261 g/mol. The van der Waals surface area contributed by atoms with E-state index >= 15 is 0 Å². The van der Waals surface area contributed by atoms with E-state index in [1.165, 1.54) is 11.3 Å². The van der Waals surface area contributed by atoms with Crippen LogP contribution in [-0.4, -0.2) is 36.7 Å². The van der Waals surface area contributed by atoms with Gasteiger partial charge in [-0.3, -0.25) is 0 Å². The van der Waals surface area contributed by atoms with Gasteiger partial charge in [-0.25, -0.2) is 8.42 Å². The molecule has 90 valence electrons. The largest absolute Gasteiger partial charge is 0.330 e. The Bertz CT molecular complexity index is 455. The van der Waals surface area contributed by atoms with Gasteiger partial charge in [0.1, 0.15) is 10.0 Å². The third-order valence-corrected chi connectivity index (χ3v) is 5.57. The average molecular weight is 261 g/mol. The minimum absolute atomic E-state index is 0.0640. The molecule has 7 heteroatoms. The first-order valence-electron chi connectivity index (χ1n) is 5.33. The molecule has 2 heterocycles. The fraction of sp³-hybridized carbons (Fsp3) is 0.778. The summed E-state index contributed by atoms with van der Waals surface area (Å²) < 4.78 is 22.7. The van der Waals surface area contributed by atoms with Crippen LogP contribution >= 0.6 is 11.3 Å². The van der Waals surface area contributed by atoms with Crippen LogP contribution in [0.1, 0.15) is 28.8 Å². The summed E-state index contributed by atoms with van der Waals surface area (Å²) in [4.78, 5) is 0. The van der Waals surface area contributed by atoms with E-state index in [1.54, 1.807) is 0 Å². The maximum atomic E-state index is 11.3. The van der Waals surface area contributed by atoms with Gasteiger partial charge >= 0.3 is 0 Å². The Labute approximate surface area is 99.0 Å². The maximum Gasteiger partial charge on any atom is 0.151 e. The van der Waals surface area contributed by atoms with Crippen LogP contribution in [0.2, 0.25) is 0 Å². The summed E-state index contributed by atoms with van der Waals surface area (Å²) in [6, 6.07) is 0. The Balaban J connectivity index is 2.02. The Morgan fingerprint density at radius 2 is 2.25 bits per heavy atom. The molecule has 1 atom stereocenters. The average Bonchev–Trinajstić information content (AvgIpc) is 2.81. The minimum Gasteiger partial charge on any atom is -0.330 e. The van der Waals surface area contributed by atoms with Gasteiger partial charge in [0.2, 0.25) is 0 Å². The smallest absolute Gasteiger partial charge is 0.151 e. The zero-order valence-corrected chi connectivity index (χ0v) is 10.6. The molecule has 1 aromatic rings. The third kappa shape index (κ3) is 2.78. The van der Waals surface area contributed by atoms with Crippen LogP contribution in [0.5, 0.6) is 0 Å². The van der Waals surface area contributed by atoms with E-state index in [0.717, 1.165) is 22.9 Å². The first-order chi connectivity index (χ1) is 7.61. The Kier molecular flexibility index (Phi) is 3.56. The van der Waals surface area contributed by atoms with Crippen molar-refractivity contribution in [1.29, 1.82) is 0 Å². The number of aryl methyl sites for hydroxylation is 1. The Morgan fingerprint density at radius 3 is 2.88 bits per heavy atom. The number of nitrogens with two attached hydrogens (primary N) is 1. The van der Waals surface area contributed by atoms with Crippen molar-refractivity contribution in [1.82, 2.24) is 10.2 Å². The molecule has 0 spiro atoms. The highest BCUT2D eigenvalue weighted by Crippen LogP contribution is 2.30. The number of hydrogen-bond donors (Lipinski definition) is 1. The predicted octanol–water partition coefficient (Wildman–Crippen LogP) is 0.331. The molecule has 5 nitrogen and oxygen atoms in total. The third-order valence-electron chi connectivity index (χ3n) is 2.66. The number of aromatic nitrogens is 2. The lowest BCUT2D eigenvalue weighted by molar-refractivity contribution is 0.601. The Hall–Kier alpha value is -0.530. The van der Waals surface area contributed by atoms with Crippen molar-refractivity contribution < 1.29 is 8.42 Å². The van der Waals surface area contributed by atoms with Crippen LogP contribution in [-0.2, 0) is 16.3 Å². The van der Waals surface area contributed by atoms with Gasteiger partial charge in [0.15, 0.2) is 9.84 Å². The van der Waals surface area contributed by atoms with Gasteiger partial charge in [0.25, 0.3) is 0 Å². The van der Waals surface area contributed by atoms with Crippen molar-refractivity contribution in [2.75, 3.05) is 18.1 Å². The van der Waals surface area contributed by atoms with Crippen molar-refractivity contribution in [3.05, 3.63) is 10.0 Å². The summed E-state index contributed by atoms with van der Waals surface area (Å²) in [5.74, 6) is 0.586. The van der Waals surface area contributed by atoms with Crippen LogP contribution < -0.4 is 5.73 Å². The van der Waals surface area contributed by atoms with E-state index in [4.69, 9.17) is 5.73 Å². The predicted molar refractivity (Wildman–Crippen MR) is 63.3 cm³/mol. The van der Waals surface area contributed by atoms with Crippen molar-refractivity contribution in [2.24, 2.45) is 5.73 Å². The van der Waals surface area contributed by atoms with E-state index in [1.807, 2.05) is 0 Å². The summed E-state index contributed by atoms with van der Waals surface area (Å²) in [6.07, 6.45) is 2.43. The van der Waals surface area contributed by atoms with E-state index in [0.29, 0.717) is 13.0 Å². The lowest BCUT2D eigenvalue weighted by Gasteiger charge is -1.99. The molecule has 1 aliphatic heterocycles. The summed E-state index contributed by atoms with van der Waals surface area (Å²) in [5, 5.41) is 9.98. The van der Waals surface area contributed by atoms with Gasteiger partial charge in [-0.2, -0.15) is 0 Å². The second-order valence-electron chi connectivity index (χ2n) is 4.03. The van der Waals surface area contributed by atoms with Gasteiger partial charge in [0.05, 0.1) is 11.5 Å². The van der Waals surface area contributed by atoms with E-state index in [2.05, 4.69) is 10.2 Å². The molecule has 1 fully saturated rings. The minimum atomic E-state index is -2.83. The SMILES string of the molecule is NCCCc1nnc(C2CCS(=O)(=O)C2)s1. The van der Waals surface area contributed by atoms with Crippen molar-refractivity contribution in [3.8, 4) is 0 Å². The zero-order valence-electron chi connectivity index (χ0n) is 8.92. The molecule has 0 aliphatic carbocycles. The van der Waals surface area contributed by atoms with Crippen LogP contribution in [0.4, 0.5) is 0 Å². The second-order valence-corrected chi connectivity index (χ2v) is 7.35. The highest BCUT2D eigenvalue weighted by molar-refractivity contribution is 7.91. The molecule has 2 rings (SSSR count). The molecule has 0 amide bonds. The number of hydrogen-bond acceptors (Lipinski definition) is 6. The standard InChI is InChI=1S/C9H15N3O2S2/c10-4-1-2-8-11-12-9(15-8)7-3-5-16(13,14)6-7/h7H,1-6,10H2. The molecular formula is C9H15N3O2S2. The molecule has 1 saturated heterocycles. The molecule has 0 bridgehead atoms. The quantitative estimate of drug-likeness (QED) is 0.844. The number of sulfone groups is 1. The summed E-state index contributed by atoms with van der Waals surface area (Å²) in [7, 11) is -2.83. The molecule has 1 aromatic heterocycles. The Morgan fingerprint density at radius 1 is 1.44 bits per heavy atom. The van der Waals surface area contributed by atoms with E-state index in [-0.39, 0.29) is 17.4 Å². The first kappa shape index (κ1) is 11.9. The number of rotatable bonds is 4. The summed E-state index contributed by atoms with van der Waals surface area (Å²) in [6.45, 7) is 0.646. The van der Waals surface area contributed by atoms with Crippen LogP contribution in [0.15, 0.2) is 0 Å². The van der Waals surface area contributed by atoms with Crippen molar-refractivity contribution in [3.63, 3.8) is 0 Å². The van der Waals surface area contributed by atoms with Gasteiger partial charge in [-0.05, 0) is 19.4 Å². The molecule has 16 heavy (non-hydrogen) atoms. The normalized spacial score (nSPS) is 23.7. The molecular weight excluding hydrogens is 246 g/mol. The van der Waals surface area contributed by atoms with E-state index < -0.39 is 9.84 Å². The van der Waals surface area contributed by atoms with Crippen LogP contribution in [0, 0.1) is 0 Å². The van der Waals surface area contributed by atoms with Gasteiger partial charge < -0.3 is 5.73 Å². The topological polar surface area (TPSA) is 85.9 Å². The lowest BCUT2D eigenvalue weighted by Crippen LogP contribution is -2.03. The molecule has 1 unspecified atom stereocenters. The highest BCUT2D eigenvalue weighted by atomic mass is 32.2. The summed E-state index contributed by atoms with van der Waals surface area (Å²) >= 11 is 1.53. The fourth-order valence-electron chi connectivity index (χ4n) is 1.78. The van der Waals surface area contributed by atoms with Crippen LogP contribution in [0.25, 0.3) is 0 Å². The lowest BCUT2D eigenvalue weighted by atomic mass is 10.1. The van der Waals surface area contributed by atoms with Gasteiger partial charge in [0, 0.05) is 12.3 Å². The molecule has 0 saturated carbocycles. The van der Waals surface area contributed by atoms with Crippen molar-refractivity contribution in [2.45, 2.75) is 25.2 Å². The van der Waals surface area contributed by atoms with Gasteiger partial charge in [-0.1, -0.05) is 0 Å². The van der Waals surface area contributed by atoms with Crippen molar-refractivity contribution >= 4 is 21.2 Å². The van der Waals surface area contributed by atoms with E-state index in [9.17, 15) is 8.42 Å². The van der Waals surface area contributed by atoms with Crippen LogP contribution in [0.3, 0.4) is 0 Å². The molecule has 0 aromatic carbocycles.